The summed E-state index contributed by atoms with van der Waals surface area (Å²) in [4.78, 5) is 13.9. The van der Waals surface area contributed by atoms with Crippen molar-refractivity contribution in [3.8, 4) is 0 Å². The van der Waals surface area contributed by atoms with Crippen LogP contribution >= 0.6 is 0 Å². The second-order valence-electron chi connectivity index (χ2n) is 3.76. The zero-order chi connectivity index (χ0) is 12.0. The van der Waals surface area contributed by atoms with Gasteiger partial charge in [0, 0.05) is 13.1 Å². The first-order chi connectivity index (χ1) is 7.72. The molecular formula is C12H20N2O2. The molecule has 0 radical (unpaired) electrons. The van der Waals surface area contributed by atoms with E-state index in [2.05, 4.69) is 13.8 Å². The molecule has 4 heteroatoms. The van der Waals surface area contributed by atoms with Crippen LogP contribution < -0.4 is 5.73 Å². The lowest BCUT2D eigenvalue weighted by atomic mass is 10.3. The molecule has 0 aliphatic carbocycles. The molecule has 2 N–H and O–H groups in total. The van der Waals surface area contributed by atoms with Crippen molar-refractivity contribution in [2.75, 3.05) is 13.1 Å². The molecule has 0 bridgehead atoms. The van der Waals surface area contributed by atoms with E-state index in [1.165, 1.54) is 0 Å². The zero-order valence-electron chi connectivity index (χ0n) is 10.0. The Morgan fingerprint density at radius 3 is 2.38 bits per heavy atom. The number of hydrogen-bond donors (Lipinski definition) is 1. The van der Waals surface area contributed by atoms with Gasteiger partial charge in [0.25, 0.3) is 5.91 Å². The molecule has 0 saturated heterocycles. The summed E-state index contributed by atoms with van der Waals surface area (Å²) in [6.07, 6.45) is 1.91. The molecule has 0 unspecified atom stereocenters. The molecule has 0 spiro atoms. The van der Waals surface area contributed by atoms with Gasteiger partial charge >= 0.3 is 0 Å². The molecule has 16 heavy (non-hydrogen) atoms. The van der Waals surface area contributed by atoms with Crippen molar-refractivity contribution < 1.29 is 9.21 Å². The fourth-order valence-electron chi connectivity index (χ4n) is 1.61. The average molecular weight is 224 g/mol. The lowest BCUT2D eigenvalue weighted by molar-refractivity contribution is 0.0721. The van der Waals surface area contributed by atoms with E-state index < -0.39 is 0 Å². The minimum Gasteiger partial charge on any atom is -0.455 e. The minimum atomic E-state index is -0.0385. The van der Waals surface area contributed by atoms with E-state index in [1.807, 2.05) is 4.90 Å². The van der Waals surface area contributed by atoms with E-state index in [0.29, 0.717) is 18.1 Å². The molecular weight excluding hydrogens is 204 g/mol. The molecule has 0 saturated carbocycles. The summed E-state index contributed by atoms with van der Waals surface area (Å²) in [5.41, 5.74) is 5.44. The maximum absolute atomic E-state index is 12.0. The Morgan fingerprint density at radius 1 is 1.31 bits per heavy atom. The summed E-state index contributed by atoms with van der Waals surface area (Å²) in [5.74, 6) is 1.00. The molecule has 90 valence electrons. The highest BCUT2D eigenvalue weighted by atomic mass is 16.4. The first-order valence-corrected chi connectivity index (χ1v) is 5.81. The van der Waals surface area contributed by atoms with Crippen LogP contribution in [0.2, 0.25) is 0 Å². The number of carbonyl (C=O) groups excluding carboxylic acids is 1. The largest absolute Gasteiger partial charge is 0.455 e. The summed E-state index contributed by atoms with van der Waals surface area (Å²) in [7, 11) is 0. The molecule has 1 amide bonds. The van der Waals surface area contributed by atoms with Gasteiger partial charge in [-0.25, -0.2) is 0 Å². The molecule has 0 aliphatic rings. The van der Waals surface area contributed by atoms with Gasteiger partial charge in [0.15, 0.2) is 5.76 Å². The van der Waals surface area contributed by atoms with Gasteiger partial charge < -0.3 is 15.1 Å². The van der Waals surface area contributed by atoms with Gasteiger partial charge in [-0.15, -0.1) is 0 Å². The Balaban J connectivity index is 2.72. The topological polar surface area (TPSA) is 59.5 Å². The molecule has 0 aromatic carbocycles. The highest BCUT2D eigenvalue weighted by Gasteiger charge is 2.17. The van der Waals surface area contributed by atoms with E-state index in [9.17, 15) is 4.79 Å². The van der Waals surface area contributed by atoms with Crippen LogP contribution in [0.25, 0.3) is 0 Å². The summed E-state index contributed by atoms with van der Waals surface area (Å²) in [5, 5.41) is 0. The lowest BCUT2D eigenvalue weighted by Gasteiger charge is -2.19. The van der Waals surface area contributed by atoms with Gasteiger partial charge in [-0.3, -0.25) is 4.79 Å². The third-order valence-corrected chi connectivity index (χ3v) is 2.35. The number of rotatable bonds is 6. The van der Waals surface area contributed by atoms with Crippen LogP contribution in [-0.4, -0.2) is 23.9 Å². The van der Waals surface area contributed by atoms with Gasteiger partial charge in [-0.1, -0.05) is 13.8 Å². The molecule has 4 nitrogen and oxygen atoms in total. The Morgan fingerprint density at radius 2 is 1.94 bits per heavy atom. The molecule has 1 heterocycles. The summed E-state index contributed by atoms with van der Waals surface area (Å²) < 4.78 is 5.35. The zero-order valence-corrected chi connectivity index (χ0v) is 10.0. The van der Waals surface area contributed by atoms with Crippen LogP contribution in [0.3, 0.4) is 0 Å². The Kier molecular flexibility index (Phi) is 5.05. The van der Waals surface area contributed by atoms with Crippen LogP contribution in [0.1, 0.15) is 43.0 Å². The Bertz CT molecular complexity index is 328. The Labute approximate surface area is 96.4 Å². The van der Waals surface area contributed by atoms with Crippen molar-refractivity contribution >= 4 is 5.91 Å². The van der Waals surface area contributed by atoms with Gasteiger partial charge in [0.2, 0.25) is 0 Å². The molecule has 1 rings (SSSR count). The van der Waals surface area contributed by atoms with Crippen LogP contribution in [0.15, 0.2) is 16.5 Å². The number of nitrogens with two attached hydrogens (primary N) is 1. The molecule has 0 atom stereocenters. The van der Waals surface area contributed by atoms with E-state index in [4.69, 9.17) is 10.2 Å². The molecule has 1 aromatic heterocycles. The van der Waals surface area contributed by atoms with Crippen LogP contribution in [0.4, 0.5) is 0 Å². The summed E-state index contributed by atoms with van der Waals surface area (Å²) >= 11 is 0. The van der Waals surface area contributed by atoms with Crippen molar-refractivity contribution in [1.29, 1.82) is 0 Å². The number of hydrogen-bond acceptors (Lipinski definition) is 3. The highest BCUT2D eigenvalue weighted by molar-refractivity contribution is 5.91. The maximum atomic E-state index is 12.0. The van der Waals surface area contributed by atoms with Crippen molar-refractivity contribution in [2.24, 2.45) is 5.73 Å². The third-order valence-electron chi connectivity index (χ3n) is 2.35. The number of carbonyl (C=O) groups is 1. The van der Waals surface area contributed by atoms with Crippen LogP contribution in [0, 0.1) is 0 Å². The van der Waals surface area contributed by atoms with Gasteiger partial charge in [-0.05, 0) is 25.0 Å². The predicted octanol–water partition coefficient (Wildman–Crippen LogP) is 2.00. The van der Waals surface area contributed by atoms with Crippen molar-refractivity contribution in [1.82, 2.24) is 4.90 Å². The second kappa shape index (κ2) is 6.33. The fraction of sp³-hybridized carbons (Fsp3) is 0.583. The summed E-state index contributed by atoms with van der Waals surface area (Å²) in [6, 6.07) is 3.45. The van der Waals surface area contributed by atoms with E-state index in [1.54, 1.807) is 12.1 Å². The maximum Gasteiger partial charge on any atom is 0.289 e. The molecule has 0 fully saturated rings. The fourth-order valence-corrected chi connectivity index (χ4v) is 1.61. The number of amides is 1. The molecule has 1 aromatic rings. The summed E-state index contributed by atoms with van der Waals surface area (Å²) in [6.45, 7) is 5.98. The van der Waals surface area contributed by atoms with Gasteiger partial charge in [0.05, 0.1) is 6.54 Å². The first kappa shape index (κ1) is 12.8. The van der Waals surface area contributed by atoms with Crippen molar-refractivity contribution in [2.45, 2.75) is 33.2 Å². The normalized spacial score (nSPS) is 10.4. The van der Waals surface area contributed by atoms with Crippen molar-refractivity contribution in [3.05, 3.63) is 23.7 Å². The predicted molar refractivity (Wildman–Crippen MR) is 63.1 cm³/mol. The van der Waals surface area contributed by atoms with E-state index in [-0.39, 0.29) is 5.91 Å². The van der Waals surface area contributed by atoms with Gasteiger partial charge in [-0.2, -0.15) is 0 Å². The minimum absolute atomic E-state index is 0.0385. The van der Waals surface area contributed by atoms with Crippen molar-refractivity contribution in [3.63, 3.8) is 0 Å². The smallest absolute Gasteiger partial charge is 0.289 e. The second-order valence-corrected chi connectivity index (χ2v) is 3.76. The number of furan rings is 1. The molecule has 0 aliphatic heterocycles. The highest BCUT2D eigenvalue weighted by Crippen LogP contribution is 2.11. The average Bonchev–Trinajstić information content (AvgIpc) is 2.76. The third kappa shape index (κ3) is 3.10. The van der Waals surface area contributed by atoms with E-state index >= 15 is 0 Å². The standard InChI is InChI=1S/C12H20N2O2/c1-3-7-14(8-4-2)12(15)11-6-5-10(9-13)16-11/h5-6H,3-4,7-9,13H2,1-2H3. The van der Waals surface area contributed by atoms with Gasteiger partial charge in [0.1, 0.15) is 5.76 Å². The SMILES string of the molecule is CCCN(CCC)C(=O)c1ccc(CN)o1. The first-order valence-electron chi connectivity index (χ1n) is 5.81. The Hall–Kier alpha value is -1.29. The van der Waals surface area contributed by atoms with Crippen LogP contribution in [-0.2, 0) is 6.54 Å². The number of nitrogens with zero attached hydrogens (tertiary/aromatic N) is 1. The van der Waals surface area contributed by atoms with Crippen LogP contribution in [0.5, 0.6) is 0 Å². The lowest BCUT2D eigenvalue weighted by Crippen LogP contribution is -2.32. The van der Waals surface area contributed by atoms with E-state index in [0.717, 1.165) is 25.9 Å². The monoisotopic (exact) mass is 224 g/mol. The quantitative estimate of drug-likeness (QED) is 0.804.